The van der Waals surface area contributed by atoms with Crippen molar-refractivity contribution in [3.8, 4) is 0 Å². The summed E-state index contributed by atoms with van der Waals surface area (Å²) < 4.78 is 15.2. The number of carbonyl (C=O) groups is 3. The topological polar surface area (TPSA) is 88.5 Å². The first-order valence-electron chi connectivity index (χ1n) is 12.4. The number of imide groups is 1. The Morgan fingerprint density at radius 3 is 2.30 bits per heavy atom. The molecule has 0 bridgehead atoms. The van der Waals surface area contributed by atoms with Crippen molar-refractivity contribution < 1.29 is 18.8 Å². The number of fused-ring (bicyclic) bond motifs is 2. The van der Waals surface area contributed by atoms with Crippen molar-refractivity contribution in [1.82, 2.24) is 4.57 Å². The van der Waals surface area contributed by atoms with Gasteiger partial charge in [-0.15, -0.1) is 0 Å². The number of hydrogen-bond donors (Lipinski definition) is 1. The second-order valence-electron chi connectivity index (χ2n) is 9.62. The number of aromatic nitrogens is 1. The molecule has 11 heteroatoms. The normalized spacial score (nSPS) is 19.9. The summed E-state index contributed by atoms with van der Waals surface area (Å²) in [6.45, 7) is 1.68. The number of thioether (sulfide) groups is 1. The van der Waals surface area contributed by atoms with Crippen LogP contribution in [0, 0.1) is 18.7 Å². The van der Waals surface area contributed by atoms with Crippen LogP contribution in [-0.2, 0) is 20.9 Å². The number of benzene rings is 3. The number of thiazole rings is 1. The Hall–Kier alpha value is -3.73. The molecular weight excluding hydrogens is 573 g/mol. The van der Waals surface area contributed by atoms with E-state index in [0.717, 1.165) is 33.6 Å². The third kappa shape index (κ3) is 4.66. The van der Waals surface area contributed by atoms with Crippen molar-refractivity contribution in [3.63, 3.8) is 0 Å². The van der Waals surface area contributed by atoms with Crippen LogP contribution >= 0.6 is 34.7 Å². The Labute approximate surface area is 241 Å². The average Bonchev–Trinajstić information content (AvgIpc) is 3.37. The van der Waals surface area contributed by atoms with E-state index in [1.807, 2.05) is 19.1 Å². The van der Waals surface area contributed by atoms with Crippen LogP contribution in [-0.4, -0.2) is 27.5 Å². The van der Waals surface area contributed by atoms with Crippen LogP contribution in [0.15, 0.2) is 82.6 Å². The minimum absolute atomic E-state index is 0.262. The summed E-state index contributed by atoms with van der Waals surface area (Å²) in [4.78, 5) is 55.0. The average molecular weight is 594 g/mol. The summed E-state index contributed by atoms with van der Waals surface area (Å²) in [6.07, 6.45) is 0. The number of rotatable bonds is 5. The van der Waals surface area contributed by atoms with E-state index in [0.29, 0.717) is 31.9 Å². The van der Waals surface area contributed by atoms with Gasteiger partial charge in [0.1, 0.15) is 17.6 Å². The SMILES string of the molecule is Cc1ccc(NC(=O)Cn2c3c(sc2=O)[C@@H](c2ccc(F)cc2)[C@H]2C(=O)N(c4ccc(Cl)cc4)C(=O)[C@H]2S3)cc1. The summed E-state index contributed by atoms with van der Waals surface area (Å²) >= 11 is 8.08. The predicted octanol–water partition coefficient (Wildman–Crippen LogP) is 5.45. The highest BCUT2D eigenvalue weighted by Crippen LogP contribution is 2.53. The van der Waals surface area contributed by atoms with Gasteiger partial charge in [0.15, 0.2) is 0 Å². The largest absolute Gasteiger partial charge is 0.325 e. The lowest BCUT2D eigenvalue weighted by atomic mass is 9.83. The van der Waals surface area contributed by atoms with Crippen molar-refractivity contribution in [3.05, 3.63) is 109 Å². The van der Waals surface area contributed by atoms with Gasteiger partial charge in [-0.2, -0.15) is 0 Å². The Balaban J connectivity index is 1.40. The first kappa shape index (κ1) is 26.5. The van der Waals surface area contributed by atoms with Crippen LogP contribution < -0.4 is 15.1 Å². The quantitative estimate of drug-likeness (QED) is 0.311. The Kier molecular flexibility index (Phi) is 6.85. The summed E-state index contributed by atoms with van der Waals surface area (Å²) in [7, 11) is 0. The molecule has 0 spiro atoms. The molecule has 1 aromatic heterocycles. The molecule has 40 heavy (non-hydrogen) atoms. The minimum Gasteiger partial charge on any atom is -0.325 e. The number of halogens is 2. The number of nitrogens with zero attached hydrogens (tertiary/aromatic N) is 2. The zero-order valence-electron chi connectivity index (χ0n) is 21.0. The van der Waals surface area contributed by atoms with Crippen molar-refractivity contribution in [1.29, 1.82) is 0 Å². The maximum atomic E-state index is 13.8. The fraction of sp³-hybridized carbons (Fsp3) is 0.172. The number of carbonyl (C=O) groups excluding carboxylic acids is 3. The molecule has 1 fully saturated rings. The van der Waals surface area contributed by atoms with E-state index < -0.39 is 40.6 Å². The van der Waals surface area contributed by atoms with Crippen LogP contribution in [0.3, 0.4) is 0 Å². The number of anilines is 2. The van der Waals surface area contributed by atoms with E-state index in [1.54, 1.807) is 48.5 Å². The minimum atomic E-state index is -0.842. The number of nitrogens with one attached hydrogen (secondary N) is 1. The van der Waals surface area contributed by atoms with Gasteiger partial charge in [0, 0.05) is 21.5 Å². The molecule has 3 atom stereocenters. The fourth-order valence-electron chi connectivity index (χ4n) is 5.11. The van der Waals surface area contributed by atoms with Gasteiger partial charge in [-0.05, 0) is 61.0 Å². The predicted molar refractivity (Wildman–Crippen MR) is 154 cm³/mol. The molecule has 6 rings (SSSR count). The molecule has 0 unspecified atom stereocenters. The first-order valence-corrected chi connectivity index (χ1v) is 14.4. The van der Waals surface area contributed by atoms with E-state index in [2.05, 4.69) is 5.32 Å². The highest BCUT2D eigenvalue weighted by molar-refractivity contribution is 8.00. The molecule has 0 aliphatic carbocycles. The third-order valence-electron chi connectivity index (χ3n) is 7.00. The van der Waals surface area contributed by atoms with Gasteiger partial charge in [-0.1, -0.05) is 64.5 Å². The van der Waals surface area contributed by atoms with Crippen LogP contribution in [0.4, 0.5) is 15.8 Å². The summed E-state index contributed by atoms with van der Waals surface area (Å²) in [5, 5.41) is 2.89. The second kappa shape index (κ2) is 10.3. The molecule has 0 saturated carbocycles. The lowest BCUT2D eigenvalue weighted by molar-refractivity contribution is -0.122. The van der Waals surface area contributed by atoms with Crippen LogP contribution in [0.5, 0.6) is 0 Å². The second-order valence-corrected chi connectivity index (χ2v) is 12.2. The molecular formula is C29H21ClFN3O4S2. The van der Waals surface area contributed by atoms with Gasteiger partial charge in [0.2, 0.25) is 17.7 Å². The van der Waals surface area contributed by atoms with E-state index in [-0.39, 0.29) is 11.4 Å². The molecule has 4 aromatic rings. The molecule has 1 saturated heterocycles. The summed E-state index contributed by atoms with van der Waals surface area (Å²) in [5.74, 6) is -3.16. The molecule has 1 N–H and O–H groups in total. The van der Waals surface area contributed by atoms with Crippen LogP contribution in [0.2, 0.25) is 5.02 Å². The van der Waals surface area contributed by atoms with Gasteiger partial charge < -0.3 is 5.32 Å². The first-order chi connectivity index (χ1) is 19.2. The smallest absolute Gasteiger partial charge is 0.308 e. The Morgan fingerprint density at radius 2 is 1.62 bits per heavy atom. The lowest BCUT2D eigenvalue weighted by Gasteiger charge is -2.30. The summed E-state index contributed by atoms with van der Waals surface area (Å²) in [6, 6.07) is 19.4. The third-order valence-corrected chi connectivity index (χ3v) is 9.86. The molecule has 202 valence electrons. The highest BCUT2D eigenvalue weighted by Gasteiger charge is 2.56. The fourth-order valence-corrected chi connectivity index (χ4v) is 8.01. The van der Waals surface area contributed by atoms with Gasteiger partial charge in [-0.25, -0.2) is 9.29 Å². The van der Waals surface area contributed by atoms with Crippen LogP contribution in [0.1, 0.15) is 21.9 Å². The van der Waals surface area contributed by atoms with Crippen LogP contribution in [0.25, 0.3) is 0 Å². The Morgan fingerprint density at radius 1 is 0.950 bits per heavy atom. The molecule has 3 amide bonds. The number of hydrogen-bond acceptors (Lipinski definition) is 6. The molecule has 0 radical (unpaired) electrons. The maximum absolute atomic E-state index is 13.8. The van der Waals surface area contributed by atoms with E-state index >= 15 is 0 Å². The maximum Gasteiger partial charge on any atom is 0.308 e. The van der Waals surface area contributed by atoms with Gasteiger partial charge >= 0.3 is 4.87 Å². The lowest BCUT2D eigenvalue weighted by Crippen LogP contribution is -2.33. The molecule has 2 aliphatic rings. The molecule has 2 aliphatic heterocycles. The van der Waals surface area contributed by atoms with Gasteiger partial charge in [0.05, 0.1) is 16.6 Å². The van der Waals surface area contributed by atoms with Gasteiger partial charge in [0.25, 0.3) is 0 Å². The number of amides is 3. The molecule has 7 nitrogen and oxygen atoms in total. The Bertz CT molecular complexity index is 1700. The van der Waals surface area contributed by atoms with Crippen molar-refractivity contribution >= 4 is 63.8 Å². The molecule has 3 heterocycles. The monoisotopic (exact) mass is 593 g/mol. The van der Waals surface area contributed by atoms with Gasteiger partial charge in [-0.3, -0.25) is 23.7 Å². The van der Waals surface area contributed by atoms with Crippen molar-refractivity contribution in [2.45, 2.75) is 29.7 Å². The van der Waals surface area contributed by atoms with Crippen molar-refractivity contribution in [2.75, 3.05) is 10.2 Å². The van der Waals surface area contributed by atoms with E-state index in [1.165, 1.54) is 16.7 Å². The zero-order valence-corrected chi connectivity index (χ0v) is 23.4. The standard InChI is InChI=1S/C29H21ClFN3O4S2/c1-15-2-10-19(11-3-15)32-21(35)14-33-28-25(40-29(33)38)22(16-4-8-18(31)9-5-16)23-24(39-28)27(37)34(26(23)36)20-12-6-17(30)7-13-20/h2-13,22-24H,14H2,1H3,(H,32,35)/t22-,23+,24-/m0/s1. The van der Waals surface area contributed by atoms with Crippen molar-refractivity contribution in [2.24, 2.45) is 5.92 Å². The summed E-state index contributed by atoms with van der Waals surface area (Å²) in [5.41, 5.74) is 2.64. The molecule has 3 aromatic carbocycles. The number of aryl methyl sites for hydroxylation is 1. The van der Waals surface area contributed by atoms with E-state index in [9.17, 15) is 23.6 Å². The zero-order chi connectivity index (χ0) is 28.1. The van der Waals surface area contributed by atoms with E-state index in [4.69, 9.17) is 11.6 Å². The highest BCUT2D eigenvalue weighted by atomic mass is 35.5.